The number of carbonyl (C=O) groups excluding carboxylic acids is 2. The van der Waals surface area contributed by atoms with Gasteiger partial charge in [-0.2, -0.15) is 0 Å². The van der Waals surface area contributed by atoms with Crippen molar-refractivity contribution in [1.82, 2.24) is 0 Å². The van der Waals surface area contributed by atoms with Gasteiger partial charge in [0.05, 0.1) is 5.41 Å². The van der Waals surface area contributed by atoms with Crippen LogP contribution in [0.3, 0.4) is 0 Å². The monoisotopic (exact) mass is 497 g/mol. The number of carboxylic acids is 1. The predicted octanol–water partition coefficient (Wildman–Crippen LogP) is 1.79. The van der Waals surface area contributed by atoms with Gasteiger partial charge in [0, 0.05) is 15.9 Å². The van der Waals surface area contributed by atoms with Crippen molar-refractivity contribution < 1.29 is 48.4 Å². The Morgan fingerprint density at radius 1 is 1.03 bits per heavy atom. The fraction of sp³-hybridized carbons (Fsp3) is 0.885. The van der Waals surface area contributed by atoms with Gasteiger partial charge < -0.3 is 29.9 Å². The molecule has 4 N–H and O–H groups in total. The minimum absolute atomic E-state index is 0.0231. The van der Waals surface area contributed by atoms with Gasteiger partial charge in [0.1, 0.15) is 24.1 Å². The maximum atomic E-state index is 13.9. The highest BCUT2D eigenvalue weighted by Gasteiger charge is 2.68. The first-order valence-corrected chi connectivity index (χ1v) is 12.7. The number of ketones is 1. The van der Waals surface area contributed by atoms with Gasteiger partial charge in [-0.3, -0.25) is 9.59 Å². The molecule has 5 rings (SSSR count). The number of hydrogen-bond donors (Lipinski definition) is 4. The second kappa shape index (κ2) is 7.97. The summed E-state index contributed by atoms with van der Waals surface area (Å²) in [4.78, 5) is 38.4. The summed E-state index contributed by atoms with van der Waals surface area (Å²) >= 11 is 0. The number of rotatable bonds is 3. The van der Waals surface area contributed by atoms with Gasteiger partial charge in [-0.1, -0.05) is 20.3 Å². The van der Waals surface area contributed by atoms with E-state index in [0.717, 1.165) is 19.3 Å². The summed E-state index contributed by atoms with van der Waals surface area (Å²) in [5.74, 6) is -2.99. The van der Waals surface area contributed by atoms with Crippen LogP contribution in [0.2, 0.25) is 0 Å². The number of fused-ring (bicyclic) bond motifs is 3. The number of esters is 1. The summed E-state index contributed by atoms with van der Waals surface area (Å²) in [5, 5.41) is 39.9. The fourth-order valence-corrected chi connectivity index (χ4v) is 8.78. The molecule has 9 nitrogen and oxygen atoms in total. The first-order valence-electron chi connectivity index (χ1n) is 14.2. The van der Waals surface area contributed by atoms with E-state index in [0.29, 0.717) is 32.1 Å². The Kier molecular flexibility index (Phi) is 4.90. The van der Waals surface area contributed by atoms with Gasteiger partial charge in [-0.05, 0) is 74.5 Å². The van der Waals surface area contributed by atoms with Crippen LogP contribution >= 0.6 is 0 Å². The van der Waals surface area contributed by atoms with E-state index in [1.807, 2.05) is 13.8 Å². The van der Waals surface area contributed by atoms with Crippen LogP contribution in [0.1, 0.15) is 82.6 Å². The van der Waals surface area contributed by atoms with Crippen molar-refractivity contribution in [3.63, 3.8) is 0 Å². The fourth-order valence-electron chi connectivity index (χ4n) is 8.78. The maximum Gasteiger partial charge on any atom is 0.335 e. The van der Waals surface area contributed by atoms with Crippen LogP contribution in [-0.4, -0.2) is 68.9 Å². The SMILES string of the molecule is [2H]C([2H])([2H])[C@@]1(C(=O)O[C@@H]2O[C@H](C(=O)O)[C@@H](O)[C@H](O)[C@H]2O)CCC[C@@]2(C)[C@@H]3CCC4(C)C[C@]3(CC[C@@H]21)CC4=O. The van der Waals surface area contributed by atoms with E-state index in [4.69, 9.17) is 13.6 Å². The number of ether oxygens (including phenoxy) is 2. The van der Waals surface area contributed by atoms with Crippen molar-refractivity contribution in [2.75, 3.05) is 0 Å². The molecule has 9 heteroatoms. The van der Waals surface area contributed by atoms with Crippen molar-refractivity contribution in [1.29, 1.82) is 0 Å². The number of carboxylic acid groups (broad SMARTS) is 1. The van der Waals surface area contributed by atoms with Gasteiger partial charge >= 0.3 is 11.9 Å². The second-order valence-corrected chi connectivity index (χ2v) is 12.4. The van der Waals surface area contributed by atoms with Gasteiger partial charge in [-0.15, -0.1) is 0 Å². The van der Waals surface area contributed by atoms with Crippen LogP contribution in [0.4, 0.5) is 0 Å². The molecule has 0 aromatic heterocycles. The van der Waals surface area contributed by atoms with Gasteiger partial charge in [-0.25, -0.2) is 4.79 Å². The lowest BCUT2D eigenvalue weighted by atomic mass is 9.40. The van der Waals surface area contributed by atoms with Crippen molar-refractivity contribution in [3.05, 3.63) is 0 Å². The third kappa shape index (κ3) is 3.45. The zero-order valence-corrected chi connectivity index (χ0v) is 20.2. The molecule has 2 bridgehead atoms. The summed E-state index contributed by atoms with van der Waals surface area (Å²) in [6.45, 7) is 1.30. The Morgan fingerprint density at radius 3 is 2.43 bits per heavy atom. The molecule has 0 amide bonds. The summed E-state index contributed by atoms with van der Waals surface area (Å²) in [6.07, 6.45) is -4.79. The van der Waals surface area contributed by atoms with Crippen LogP contribution in [0.25, 0.3) is 0 Å². The predicted molar refractivity (Wildman–Crippen MR) is 121 cm³/mol. The van der Waals surface area contributed by atoms with Crippen molar-refractivity contribution in [2.24, 2.45) is 33.5 Å². The maximum absolute atomic E-state index is 13.9. The van der Waals surface area contributed by atoms with E-state index >= 15 is 0 Å². The number of aliphatic hydroxyl groups excluding tert-OH is 3. The minimum Gasteiger partial charge on any atom is -0.479 e. The first kappa shape index (κ1) is 21.5. The molecular formula is C26H38O9. The standard InChI is InChI=1S/C26H38O9/c1-23-9-5-14-24(2)7-4-8-25(3,13(24)6-10-26(14,12-23)11-15(23)27)22(33)35-21-18(30)16(28)17(29)19(34-21)20(31)32/h13-14,16-19,21,28-30H,4-12H2,1-3H3,(H,31,32)/t13-,14-,16-,17-,18+,19-,21-,23?,24+,25+,26-/m0/s1/i3D3. The van der Waals surface area contributed by atoms with Crippen LogP contribution in [0.15, 0.2) is 0 Å². The summed E-state index contributed by atoms with van der Waals surface area (Å²) in [6, 6.07) is 0. The number of aliphatic hydroxyl groups is 3. The molecule has 11 atom stereocenters. The van der Waals surface area contributed by atoms with Crippen LogP contribution in [-0.2, 0) is 23.9 Å². The topological polar surface area (TPSA) is 151 Å². The molecule has 0 radical (unpaired) electrons. The smallest absolute Gasteiger partial charge is 0.335 e. The van der Waals surface area contributed by atoms with Crippen molar-refractivity contribution >= 4 is 17.7 Å². The molecular weight excluding hydrogens is 456 g/mol. The Morgan fingerprint density at radius 2 is 1.74 bits per heavy atom. The Bertz CT molecular complexity index is 1030. The summed E-state index contributed by atoms with van der Waals surface area (Å²) in [5.41, 5.74) is -3.02. The average molecular weight is 498 g/mol. The third-order valence-electron chi connectivity index (χ3n) is 10.5. The second-order valence-electron chi connectivity index (χ2n) is 12.4. The molecule has 196 valence electrons. The number of carbonyl (C=O) groups is 3. The van der Waals surface area contributed by atoms with Crippen LogP contribution in [0.5, 0.6) is 0 Å². The Hall–Kier alpha value is -1.55. The normalized spacial score (nSPS) is 55.1. The van der Waals surface area contributed by atoms with E-state index in [1.165, 1.54) is 0 Å². The van der Waals surface area contributed by atoms with E-state index < -0.39 is 66.2 Å². The van der Waals surface area contributed by atoms with Crippen LogP contribution in [0, 0.1) is 33.5 Å². The first-order chi connectivity index (χ1) is 17.5. The van der Waals surface area contributed by atoms with Crippen LogP contribution < -0.4 is 0 Å². The average Bonchev–Trinajstić information content (AvgIpc) is 3.00. The highest BCUT2D eigenvalue weighted by Crippen LogP contribution is 2.73. The number of aliphatic carboxylic acids is 1. The summed E-state index contributed by atoms with van der Waals surface area (Å²) < 4.78 is 36.2. The molecule has 1 aliphatic heterocycles. The van der Waals surface area contributed by atoms with E-state index in [9.17, 15) is 34.8 Å². The number of Topliss-reactive ketones (excluding diaryl/α,β-unsaturated/α-hetero) is 1. The highest BCUT2D eigenvalue weighted by molar-refractivity contribution is 5.88. The molecule has 1 saturated heterocycles. The molecule has 4 saturated carbocycles. The van der Waals surface area contributed by atoms with E-state index in [1.54, 1.807) is 0 Å². The lowest BCUT2D eigenvalue weighted by Gasteiger charge is -2.64. The molecule has 1 heterocycles. The number of hydrogen-bond acceptors (Lipinski definition) is 8. The largest absolute Gasteiger partial charge is 0.479 e. The quantitative estimate of drug-likeness (QED) is 0.428. The minimum atomic E-state index is -2.78. The van der Waals surface area contributed by atoms with E-state index in [2.05, 4.69) is 0 Å². The highest BCUT2D eigenvalue weighted by atomic mass is 16.7. The molecule has 1 spiro atoms. The molecule has 5 fully saturated rings. The van der Waals surface area contributed by atoms with Gasteiger partial charge in [0.2, 0.25) is 6.29 Å². The molecule has 5 aliphatic rings. The molecule has 4 aliphatic carbocycles. The van der Waals surface area contributed by atoms with E-state index in [-0.39, 0.29) is 29.0 Å². The molecule has 35 heavy (non-hydrogen) atoms. The third-order valence-corrected chi connectivity index (χ3v) is 10.5. The zero-order valence-electron chi connectivity index (χ0n) is 23.2. The molecule has 0 aromatic rings. The Balaban J connectivity index is 1.49. The van der Waals surface area contributed by atoms with Crippen molar-refractivity contribution in [2.45, 2.75) is 109 Å². The lowest BCUT2D eigenvalue weighted by Crippen LogP contribution is -2.62. The lowest BCUT2D eigenvalue weighted by molar-refractivity contribution is -0.292. The summed E-state index contributed by atoms with van der Waals surface area (Å²) in [7, 11) is 0. The zero-order chi connectivity index (χ0) is 28.1. The van der Waals surface area contributed by atoms with Gasteiger partial charge in [0.15, 0.2) is 6.10 Å². The molecule has 0 aromatic carbocycles. The Labute approximate surface area is 209 Å². The van der Waals surface area contributed by atoms with Crippen molar-refractivity contribution in [3.8, 4) is 0 Å². The van der Waals surface area contributed by atoms with Gasteiger partial charge in [0.25, 0.3) is 0 Å². The molecule has 1 unspecified atom stereocenters.